The maximum absolute atomic E-state index is 12.9. The lowest BCUT2D eigenvalue weighted by atomic mass is 10.3. The van der Waals surface area contributed by atoms with Crippen LogP contribution in [0.5, 0.6) is 0 Å². The van der Waals surface area contributed by atoms with E-state index in [1.165, 1.54) is 46.9 Å². The lowest BCUT2D eigenvalue weighted by Crippen LogP contribution is -2.30. The Morgan fingerprint density at radius 3 is 2.35 bits per heavy atom. The van der Waals surface area contributed by atoms with Crippen molar-refractivity contribution in [1.29, 1.82) is 0 Å². The summed E-state index contributed by atoms with van der Waals surface area (Å²) in [5.74, 6) is -0.176. The van der Waals surface area contributed by atoms with Crippen molar-refractivity contribution in [3.8, 4) is 0 Å². The van der Waals surface area contributed by atoms with E-state index < -0.39 is 15.8 Å². The van der Waals surface area contributed by atoms with Crippen LogP contribution in [0.15, 0.2) is 47.5 Å². The minimum absolute atomic E-state index is 0.0397. The first kappa shape index (κ1) is 14.3. The van der Waals surface area contributed by atoms with Gasteiger partial charge in [-0.05, 0) is 43.3 Å². The molecule has 0 aliphatic rings. The topological polar surface area (TPSA) is 76.3 Å². The van der Waals surface area contributed by atoms with Gasteiger partial charge in [-0.2, -0.15) is 0 Å². The molecule has 1 aromatic heterocycles. The van der Waals surface area contributed by atoms with Crippen molar-refractivity contribution >= 4 is 21.5 Å². The van der Waals surface area contributed by atoms with Gasteiger partial charge in [0.15, 0.2) is 0 Å². The number of aromatic nitrogens is 1. The van der Waals surface area contributed by atoms with Crippen LogP contribution in [0, 0.1) is 5.82 Å². The van der Waals surface area contributed by atoms with Crippen molar-refractivity contribution in [3.63, 3.8) is 0 Å². The predicted molar refractivity (Wildman–Crippen MR) is 75.3 cm³/mol. The second kappa shape index (κ2) is 5.46. The van der Waals surface area contributed by atoms with Crippen LogP contribution in [0.25, 0.3) is 0 Å². The van der Waals surface area contributed by atoms with Gasteiger partial charge >= 0.3 is 0 Å². The number of anilines is 2. The standard InChI is InChI=1S/C13H14FN3O2S/c1-2-17(11-5-3-10(14)4-6-11)20(18,19)12-7-8-13(15)16-9-12/h3-9H,2H2,1H3,(H2,15,16). The average Bonchev–Trinajstić information content (AvgIpc) is 2.42. The van der Waals surface area contributed by atoms with Crippen LogP contribution in [0.2, 0.25) is 0 Å². The van der Waals surface area contributed by atoms with Crippen molar-refractivity contribution < 1.29 is 12.8 Å². The molecule has 1 aromatic carbocycles. The molecule has 0 radical (unpaired) electrons. The fraction of sp³-hybridized carbons (Fsp3) is 0.154. The number of benzene rings is 1. The summed E-state index contributed by atoms with van der Waals surface area (Å²) in [4.78, 5) is 3.82. The number of hydrogen-bond donors (Lipinski definition) is 1. The molecule has 0 saturated carbocycles. The van der Waals surface area contributed by atoms with Crippen molar-refractivity contribution in [2.75, 3.05) is 16.6 Å². The highest BCUT2D eigenvalue weighted by molar-refractivity contribution is 7.92. The Morgan fingerprint density at radius 2 is 1.85 bits per heavy atom. The Morgan fingerprint density at radius 1 is 1.20 bits per heavy atom. The maximum atomic E-state index is 12.9. The van der Waals surface area contributed by atoms with Crippen LogP contribution in [-0.2, 0) is 10.0 Å². The zero-order valence-electron chi connectivity index (χ0n) is 10.8. The van der Waals surface area contributed by atoms with Crippen LogP contribution >= 0.6 is 0 Å². The molecule has 0 aliphatic carbocycles. The van der Waals surface area contributed by atoms with Gasteiger partial charge in [0.1, 0.15) is 16.5 Å². The number of nitrogens with two attached hydrogens (primary N) is 1. The van der Waals surface area contributed by atoms with Crippen LogP contribution in [0.3, 0.4) is 0 Å². The van der Waals surface area contributed by atoms with Crippen molar-refractivity contribution in [3.05, 3.63) is 48.4 Å². The van der Waals surface area contributed by atoms with E-state index in [1.807, 2.05) is 0 Å². The summed E-state index contributed by atoms with van der Waals surface area (Å²) in [6.45, 7) is 1.92. The number of sulfonamides is 1. The van der Waals surface area contributed by atoms with Crippen LogP contribution in [0.4, 0.5) is 15.9 Å². The van der Waals surface area contributed by atoms with E-state index in [-0.39, 0.29) is 17.3 Å². The third-order valence-electron chi connectivity index (χ3n) is 2.75. The van der Waals surface area contributed by atoms with Crippen LogP contribution in [0.1, 0.15) is 6.92 Å². The Bertz CT molecular complexity index is 685. The average molecular weight is 295 g/mol. The Labute approximate surface area is 116 Å². The number of rotatable bonds is 4. The molecule has 1 heterocycles. The summed E-state index contributed by atoms with van der Waals surface area (Å²) in [7, 11) is -3.74. The quantitative estimate of drug-likeness (QED) is 0.936. The Kier molecular flexibility index (Phi) is 3.89. The summed E-state index contributed by atoms with van der Waals surface area (Å²) >= 11 is 0. The van der Waals surface area contributed by atoms with Crippen molar-refractivity contribution in [2.45, 2.75) is 11.8 Å². The first-order valence-corrected chi connectivity index (χ1v) is 7.39. The first-order valence-electron chi connectivity index (χ1n) is 5.95. The van der Waals surface area contributed by atoms with E-state index in [1.54, 1.807) is 6.92 Å². The maximum Gasteiger partial charge on any atom is 0.265 e. The number of nitrogen functional groups attached to an aromatic ring is 1. The minimum Gasteiger partial charge on any atom is -0.384 e. The molecule has 0 aliphatic heterocycles. The Balaban J connectivity index is 2.44. The third kappa shape index (κ3) is 2.72. The molecule has 0 fully saturated rings. The van der Waals surface area contributed by atoms with Gasteiger partial charge in [-0.15, -0.1) is 0 Å². The van der Waals surface area contributed by atoms with Crippen molar-refractivity contribution in [1.82, 2.24) is 4.98 Å². The first-order chi connectivity index (χ1) is 9.45. The fourth-order valence-electron chi connectivity index (χ4n) is 1.77. The summed E-state index contributed by atoms with van der Waals surface area (Å²) in [5, 5.41) is 0. The molecular weight excluding hydrogens is 281 g/mol. The van der Waals surface area contributed by atoms with E-state index in [4.69, 9.17) is 5.73 Å². The number of halogens is 1. The minimum atomic E-state index is -3.74. The summed E-state index contributed by atoms with van der Waals surface area (Å²) in [5.41, 5.74) is 5.84. The second-order valence-corrected chi connectivity index (χ2v) is 5.93. The third-order valence-corrected chi connectivity index (χ3v) is 4.64. The summed E-state index contributed by atoms with van der Waals surface area (Å²) < 4.78 is 39.1. The molecule has 0 bridgehead atoms. The Hall–Kier alpha value is -2.15. The molecule has 0 spiro atoms. The highest BCUT2D eigenvalue weighted by Gasteiger charge is 2.23. The van der Waals surface area contributed by atoms with E-state index >= 15 is 0 Å². The smallest absolute Gasteiger partial charge is 0.265 e. The summed E-state index contributed by atoms with van der Waals surface area (Å²) in [6, 6.07) is 8.08. The fourth-order valence-corrected chi connectivity index (χ4v) is 3.19. The molecule has 2 N–H and O–H groups in total. The van der Waals surface area contributed by atoms with Gasteiger partial charge in [0, 0.05) is 12.7 Å². The van der Waals surface area contributed by atoms with E-state index in [0.29, 0.717) is 5.69 Å². The molecule has 7 heteroatoms. The van der Waals surface area contributed by atoms with Gasteiger partial charge in [0.05, 0.1) is 5.69 Å². The predicted octanol–water partition coefficient (Wildman–Crippen LogP) is 2.02. The lowest BCUT2D eigenvalue weighted by molar-refractivity contribution is 0.591. The number of nitrogens with zero attached hydrogens (tertiary/aromatic N) is 2. The normalized spacial score (nSPS) is 11.3. The van der Waals surface area contributed by atoms with Gasteiger partial charge in [0.25, 0.3) is 10.0 Å². The van der Waals surface area contributed by atoms with Gasteiger partial charge in [-0.3, -0.25) is 4.31 Å². The molecular formula is C13H14FN3O2S. The molecule has 106 valence electrons. The van der Waals surface area contributed by atoms with E-state index in [0.717, 1.165) is 0 Å². The zero-order chi connectivity index (χ0) is 14.8. The molecule has 0 atom stereocenters. The lowest BCUT2D eigenvalue weighted by Gasteiger charge is -2.22. The van der Waals surface area contributed by atoms with Crippen molar-refractivity contribution in [2.24, 2.45) is 0 Å². The van der Waals surface area contributed by atoms with Gasteiger partial charge in [0.2, 0.25) is 0 Å². The second-order valence-electron chi connectivity index (χ2n) is 4.06. The number of hydrogen-bond acceptors (Lipinski definition) is 4. The molecule has 0 amide bonds. The largest absolute Gasteiger partial charge is 0.384 e. The SMILES string of the molecule is CCN(c1ccc(F)cc1)S(=O)(=O)c1ccc(N)nc1. The highest BCUT2D eigenvalue weighted by Crippen LogP contribution is 2.23. The zero-order valence-corrected chi connectivity index (χ0v) is 11.6. The number of pyridine rings is 1. The molecule has 20 heavy (non-hydrogen) atoms. The molecule has 5 nitrogen and oxygen atoms in total. The molecule has 2 aromatic rings. The van der Waals surface area contributed by atoms with Crippen LogP contribution < -0.4 is 10.0 Å². The van der Waals surface area contributed by atoms with E-state index in [9.17, 15) is 12.8 Å². The summed E-state index contributed by atoms with van der Waals surface area (Å²) in [6.07, 6.45) is 1.21. The monoisotopic (exact) mass is 295 g/mol. The van der Waals surface area contributed by atoms with E-state index in [2.05, 4.69) is 4.98 Å². The molecule has 0 saturated heterocycles. The van der Waals surface area contributed by atoms with Crippen LogP contribution in [-0.4, -0.2) is 19.9 Å². The highest BCUT2D eigenvalue weighted by atomic mass is 32.2. The molecule has 0 unspecified atom stereocenters. The van der Waals surface area contributed by atoms with Gasteiger partial charge < -0.3 is 5.73 Å². The molecule has 2 rings (SSSR count). The van der Waals surface area contributed by atoms with Gasteiger partial charge in [-0.1, -0.05) is 0 Å². The van der Waals surface area contributed by atoms with Gasteiger partial charge in [-0.25, -0.2) is 17.8 Å².